The van der Waals surface area contributed by atoms with Gasteiger partial charge in [-0.05, 0) is 37.5 Å². The van der Waals surface area contributed by atoms with Crippen molar-refractivity contribution in [1.82, 2.24) is 20.8 Å². The van der Waals surface area contributed by atoms with Crippen molar-refractivity contribution in [1.29, 1.82) is 0 Å². The van der Waals surface area contributed by atoms with E-state index in [1.807, 2.05) is 0 Å². The van der Waals surface area contributed by atoms with Gasteiger partial charge in [0.1, 0.15) is 6.54 Å². The number of aryl methyl sites for hydroxylation is 1. The predicted octanol–water partition coefficient (Wildman–Crippen LogP) is 3.27. The number of aromatic nitrogens is 2. The van der Waals surface area contributed by atoms with Crippen LogP contribution in [-0.4, -0.2) is 29.2 Å². The molecule has 23 heavy (non-hydrogen) atoms. The fraction of sp³-hybridized carbons (Fsp3) is 0.812. The molecule has 2 N–H and O–H groups in total. The van der Waals surface area contributed by atoms with Crippen LogP contribution in [0, 0.1) is 18.3 Å². The first-order chi connectivity index (χ1) is 10.5. The van der Waals surface area contributed by atoms with Crippen molar-refractivity contribution in [3.05, 3.63) is 11.7 Å². The highest BCUT2D eigenvalue weighted by Crippen LogP contribution is 2.45. The molecule has 6 nitrogen and oxygen atoms in total. The molecule has 1 aromatic heterocycles. The molecule has 1 aromatic rings. The van der Waals surface area contributed by atoms with Crippen molar-refractivity contribution in [2.24, 2.45) is 16.3 Å². The van der Waals surface area contributed by atoms with Crippen molar-refractivity contribution in [3.63, 3.8) is 0 Å². The van der Waals surface area contributed by atoms with Crippen molar-refractivity contribution in [2.45, 2.75) is 59.9 Å². The second-order valence-corrected chi connectivity index (χ2v) is 6.73. The fourth-order valence-corrected chi connectivity index (χ4v) is 3.16. The van der Waals surface area contributed by atoms with E-state index in [-0.39, 0.29) is 24.0 Å². The Balaban J connectivity index is 0.00000264. The lowest BCUT2D eigenvalue weighted by Crippen LogP contribution is -2.47. The van der Waals surface area contributed by atoms with Gasteiger partial charge in [-0.1, -0.05) is 25.4 Å². The molecule has 2 rings (SSSR count). The predicted molar refractivity (Wildman–Crippen MR) is 103 cm³/mol. The molecule has 0 saturated heterocycles. The highest BCUT2D eigenvalue weighted by Gasteiger charge is 2.37. The van der Waals surface area contributed by atoms with Gasteiger partial charge >= 0.3 is 0 Å². The summed E-state index contributed by atoms with van der Waals surface area (Å²) in [7, 11) is 0. The summed E-state index contributed by atoms with van der Waals surface area (Å²) in [4.78, 5) is 8.73. The number of nitrogens with zero attached hydrogens (tertiary/aromatic N) is 3. The van der Waals surface area contributed by atoms with Gasteiger partial charge in [0, 0.05) is 20.0 Å². The van der Waals surface area contributed by atoms with E-state index in [4.69, 9.17) is 4.52 Å². The van der Waals surface area contributed by atoms with Crippen LogP contribution in [0.15, 0.2) is 9.52 Å². The first-order valence-corrected chi connectivity index (χ1v) is 8.34. The quantitative estimate of drug-likeness (QED) is 0.391. The third kappa shape index (κ3) is 6.27. The van der Waals surface area contributed by atoms with Crippen molar-refractivity contribution in [2.75, 3.05) is 13.1 Å². The lowest BCUT2D eigenvalue weighted by atomic mass is 9.64. The second-order valence-electron chi connectivity index (χ2n) is 6.73. The Bertz CT molecular complexity index is 496. The Morgan fingerprint density at radius 3 is 2.57 bits per heavy atom. The molecule has 1 aliphatic rings. The molecule has 0 atom stereocenters. The molecule has 0 aliphatic heterocycles. The molecule has 0 bridgehead atoms. The standard InChI is InChI=1S/C16H29N5O.HI/c1-5-17-15(18-10-14-20-13(4)22-21-14)19-11-16(7-6-8-16)9-12(2)3;/h12H,5-11H2,1-4H3,(H2,17,18,19);1H. The van der Waals surface area contributed by atoms with E-state index >= 15 is 0 Å². The molecule has 0 radical (unpaired) electrons. The fourth-order valence-electron chi connectivity index (χ4n) is 3.16. The molecule has 0 aromatic carbocycles. The molecule has 0 amide bonds. The average molecular weight is 435 g/mol. The van der Waals surface area contributed by atoms with Gasteiger partial charge in [0.15, 0.2) is 11.8 Å². The lowest BCUT2D eigenvalue weighted by Gasteiger charge is -2.43. The normalized spacial score (nSPS) is 16.7. The summed E-state index contributed by atoms with van der Waals surface area (Å²) < 4.78 is 4.97. The van der Waals surface area contributed by atoms with Crippen LogP contribution in [0.3, 0.4) is 0 Å². The molecule has 0 spiro atoms. The number of guanidine groups is 1. The van der Waals surface area contributed by atoms with Gasteiger partial charge in [0.25, 0.3) is 0 Å². The third-order valence-electron chi connectivity index (χ3n) is 4.18. The smallest absolute Gasteiger partial charge is 0.223 e. The number of rotatable bonds is 7. The maximum absolute atomic E-state index is 4.97. The second kappa shape index (κ2) is 9.44. The minimum absolute atomic E-state index is 0. The molecule has 1 aliphatic carbocycles. The summed E-state index contributed by atoms with van der Waals surface area (Å²) >= 11 is 0. The summed E-state index contributed by atoms with van der Waals surface area (Å²) in [5.41, 5.74) is 0.451. The van der Waals surface area contributed by atoms with Crippen LogP contribution < -0.4 is 10.6 Å². The van der Waals surface area contributed by atoms with Crippen LogP contribution in [0.4, 0.5) is 0 Å². The van der Waals surface area contributed by atoms with Gasteiger partial charge < -0.3 is 15.2 Å². The maximum atomic E-state index is 4.97. The van der Waals surface area contributed by atoms with Crippen molar-refractivity contribution in [3.8, 4) is 0 Å². The number of hydrogen-bond acceptors (Lipinski definition) is 4. The zero-order chi connectivity index (χ0) is 16.0. The lowest BCUT2D eigenvalue weighted by molar-refractivity contribution is 0.104. The van der Waals surface area contributed by atoms with Crippen LogP contribution in [0.1, 0.15) is 58.2 Å². The molecule has 1 saturated carbocycles. The average Bonchev–Trinajstić information content (AvgIpc) is 2.84. The Labute approximate surface area is 156 Å². The van der Waals surface area contributed by atoms with Crippen LogP contribution in [0.25, 0.3) is 0 Å². The van der Waals surface area contributed by atoms with Crippen LogP contribution in [0.2, 0.25) is 0 Å². The molecular weight excluding hydrogens is 405 g/mol. The molecule has 1 fully saturated rings. The Hall–Kier alpha value is -0.860. The van der Waals surface area contributed by atoms with E-state index < -0.39 is 0 Å². The summed E-state index contributed by atoms with van der Waals surface area (Å²) in [6.45, 7) is 10.7. The topological polar surface area (TPSA) is 75.3 Å². The largest absolute Gasteiger partial charge is 0.357 e. The summed E-state index contributed by atoms with van der Waals surface area (Å²) in [6, 6.07) is 0. The van der Waals surface area contributed by atoms with Crippen molar-refractivity contribution >= 4 is 29.9 Å². The summed E-state index contributed by atoms with van der Waals surface area (Å²) in [5, 5.41) is 10.7. The first-order valence-electron chi connectivity index (χ1n) is 8.34. The van der Waals surface area contributed by atoms with Gasteiger partial charge in [0.05, 0.1) is 0 Å². The van der Waals surface area contributed by atoms with E-state index in [1.165, 1.54) is 25.7 Å². The summed E-state index contributed by atoms with van der Waals surface area (Å²) in [5.74, 6) is 2.77. The Kier molecular flexibility index (Phi) is 8.28. The van der Waals surface area contributed by atoms with E-state index in [2.05, 4.69) is 46.5 Å². The zero-order valence-electron chi connectivity index (χ0n) is 14.7. The van der Waals surface area contributed by atoms with E-state index in [0.717, 1.165) is 25.0 Å². The monoisotopic (exact) mass is 435 g/mol. The Morgan fingerprint density at radius 1 is 1.35 bits per heavy atom. The van der Waals surface area contributed by atoms with Crippen LogP contribution >= 0.6 is 24.0 Å². The van der Waals surface area contributed by atoms with Crippen LogP contribution in [0.5, 0.6) is 0 Å². The van der Waals surface area contributed by atoms with Gasteiger partial charge in [0.2, 0.25) is 5.89 Å². The highest BCUT2D eigenvalue weighted by molar-refractivity contribution is 14.0. The number of halogens is 1. The highest BCUT2D eigenvalue weighted by atomic mass is 127. The molecule has 0 unspecified atom stereocenters. The van der Waals surface area contributed by atoms with Gasteiger partial charge in [-0.25, -0.2) is 4.99 Å². The molecule has 132 valence electrons. The Morgan fingerprint density at radius 2 is 2.09 bits per heavy atom. The summed E-state index contributed by atoms with van der Waals surface area (Å²) in [6.07, 6.45) is 5.27. The van der Waals surface area contributed by atoms with Crippen LogP contribution in [-0.2, 0) is 6.54 Å². The number of aliphatic imine (C=N–C) groups is 1. The van der Waals surface area contributed by atoms with E-state index in [9.17, 15) is 0 Å². The minimum Gasteiger partial charge on any atom is -0.357 e. The minimum atomic E-state index is 0. The van der Waals surface area contributed by atoms with E-state index in [1.54, 1.807) is 6.92 Å². The van der Waals surface area contributed by atoms with Gasteiger partial charge in [-0.2, -0.15) is 4.98 Å². The maximum Gasteiger partial charge on any atom is 0.223 e. The molecular formula is C16H30IN5O. The molecule has 1 heterocycles. The first kappa shape index (κ1) is 20.2. The van der Waals surface area contributed by atoms with Gasteiger partial charge in [-0.3, -0.25) is 0 Å². The van der Waals surface area contributed by atoms with Crippen molar-refractivity contribution < 1.29 is 4.52 Å². The van der Waals surface area contributed by atoms with Gasteiger partial charge in [-0.15, -0.1) is 24.0 Å². The van der Waals surface area contributed by atoms with E-state index in [0.29, 0.717) is 23.7 Å². The number of nitrogens with one attached hydrogen (secondary N) is 2. The number of hydrogen-bond donors (Lipinski definition) is 2. The third-order valence-corrected chi connectivity index (χ3v) is 4.18. The SMILES string of the molecule is CCNC(=NCc1noc(C)n1)NCC1(CC(C)C)CCC1.I. The molecule has 7 heteroatoms. The zero-order valence-corrected chi connectivity index (χ0v) is 17.0.